The average molecular weight is 389 g/mol. The molecular formula is C20H23NO5S. The molecule has 2 aromatic rings. The van der Waals surface area contributed by atoms with E-state index in [4.69, 9.17) is 14.2 Å². The van der Waals surface area contributed by atoms with E-state index >= 15 is 0 Å². The van der Waals surface area contributed by atoms with Gasteiger partial charge in [-0.15, -0.1) is 11.8 Å². The zero-order chi connectivity index (χ0) is 19.8. The standard InChI is InChI=1S/C20H23NO5S/c1-13(27-12-14-8-6-5-7-9-14)19(22)21-16-11-18(25-3)17(24-2)10-15(16)20(23)26-4/h5-11,13H,12H2,1-4H3,(H,21,22)/t13-/m1/s1. The molecule has 0 saturated carbocycles. The van der Waals surface area contributed by atoms with Crippen LogP contribution < -0.4 is 14.8 Å². The number of ether oxygens (including phenoxy) is 3. The summed E-state index contributed by atoms with van der Waals surface area (Å²) in [7, 11) is 4.24. The molecule has 27 heavy (non-hydrogen) atoms. The molecule has 144 valence electrons. The van der Waals surface area contributed by atoms with E-state index in [2.05, 4.69) is 5.32 Å². The van der Waals surface area contributed by atoms with Crippen molar-refractivity contribution in [1.82, 2.24) is 0 Å². The molecule has 6 nitrogen and oxygen atoms in total. The molecular weight excluding hydrogens is 366 g/mol. The Balaban J connectivity index is 2.16. The normalized spacial score (nSPS) is 11.4. The van der Waals surface area contributed by atoms with Gasteiger partial charge in [-0.2, -0.15) is 0 Å². The number of nitrogens with one attached hydrogen (secondary N) is 1. The van der Waals surface area contributed by atoms with Crippen LogP contribution in [0.1, 0.15) is 22.8 Å². The van der Waals surface area contributed by atoms with Gasteiger partial charge in [0.05, 0.1) is 37.8 Å². The molecule has 0 fully saturated rings. The number of carbonyl (C=O) groups excluding carboxylic acids is 2. The highest BCUT2D eigenvalue weighted by Crippen LogP contribution is 2.34. The van der Waals surface area contributed by atoms with E-state index < -0.39 is 5.97 Å². The predicted molar refractivity (Wildman–Crippen MR) is 107 cm³/mol. The summed E-state index contributed by atoms with van der Waals surface area (Å²) in [5.41, 5.74) is 1.66. The zero-order valence-corrected chi connectivity index (χ0v) is 16.6. The van der Waals surface area contributed by atoms with Gasteiger partial charge in [-0.1, -0.05) is 30.3 Å². The maximum Gasteiger partial charge on any atom is 0.340 e. The molecule has 1 N–H and O–H groups in total. The maximum absolute atomic E-state index is 12.6. The van der Waals surface area contributed by atoms with Crippen LogP contribution in [0.4, 0.5) is 5.69 Å². The molecule has 1 amide bonds. The van der Waals surface area contributed by atoms with Gasteiger partial charge in [-0.3, -0.25) is 4.79 Å². The lowest BCUT2D eigenvalue weighted by molar-refractivity contribution is -0.115. The van der Waals surface area contributed by atoms with Gasteiger partial charge < -0.3 is 19.5 Å². The van der Waals surface area contributed by atoms with Gasteiger partial charge in [0, 0.05) is 17.9 Å². The molecule has 0 bridgehead atoms. The van der Waals surface area contributed by atoms with Gasteiger partial charge >= 0.3 is 5.97 Å². The first-order valence-corrected chi connectivity index (χ1v) is 9.35. The Morgan fingerprint density at radius 3 is 2.26 bits per heavy atom. The molecule has 2 rings (SSSR count). The molecule has 0 aliphatic carbocycles. The van der Waals surface area contributed by atoms with E-state index in [-0.39, 0.29) is 16.7 Å². The lowest BCUT2D eigenvalue weighted by atomic mass is 10.1. The van der Waals surface area contributed by atoms with Crippen molar-refractivity contribution in [2.24, 2.45) is 0 Å². The van der Waals surface area contributed by atoms with Gasteiger partial charge in [0.15, 0.2) is 11.5 Å². The minimum absolute atomic E-state index is 0.198. The number of esters is 1. The zero-order valence-electron chi connectivity index (χ0n) is 15.8. The Morgan fingerprint density at radius 1 is 1.04 bits per heavy atom. The van der Waals surface area contributed by atoms with E-state index in [1.54, 1.807) is 6.07 Å². The predicted octanol–water partition coefficient (Wildman–Crippen LogP) is 3.75. The fourth-order valence-corrected chi connectivity index (χ4v) is 3.21. The fourth-order valence-electron chi connectivity index (χ4n) is 2.37. The number of carbonyl (C=O) groups is 2. The van der Waals surface area contributed by atoms with Crippen molar-refractivity contribution in [3.63, 3.8) is 0 Å². The third kappa shape index (κ3) is 5.40. The lowest BCUT2D eigenvalue weighted by Gasteiger charge is -2.16. The maximum atomic E-state index is 12.6. The quantitative estimate of drug-likeness (QED) is 0.693. The van der Waals surface area contributed by atoms with E-state index in [1.807, 2.05) is 37.3 Å². The minimum Gasteiger partial charge on any atom is -0.493 e. The third-order valence-corrected chi connectivity index (χ3v) is 5.11. The number of methoxy groups -OCH3 is 3. The number of thioether (sulfide) groups is 1. The van der Waals surface area contributed by atoms with E-state index in [1.165, 1.54) is 39.2 Å². The largest absolute Gasteiger partial charge is 0.493 e. The minimum atomic E-state index is -0.573. The highest BCUT2D eigenvalue weighted by atomic mass is 32.2. The van der Waals surface area contributed by atoms with E-state index in [0.717, 1.165) is 5.56 Å². The van der Waals surface area contributed by atoms with Crippen molar-refractivity contribution in [2.45, 2.75) is 17.9 Å². The van der Waals surface area contributed by atoms with Gasteiger partial charge in [-0.05, 0) is 12.5 Å². The summed E-state index contributed by atoms with van der Waals surface area (Å²) in [5, 5.41) is 2.48. The number of hydrogen-bond acceptors (Lipinski definition) is 6. The molecule has 0 saturated heterocycles. The van der Waals surface area contributed by atoms with Crippen LogP contribution >= 0.6 is 11.8 Å². The van der Waals surface area contributed by atoms with Crippen LogP contribution in [-0.4, -0.2) is 38.5 Å². The van der Waals surface area contributed by atoms with Crippen LogP contribution in [0.2, 0.25) is 0 Å². The van der Waals surface area contributed by atoms with Crippen molar-refractivity contribution < 1.29 is 23.8 Å². The fraction of sp³-hybridized carbons (Fsp3) is 0.300. The average Bonchev–Trinajstić information content (AvgIpc) is 2.71. The first-order valence-electron chi connectivity index (χ1n) is 8.30. The first-order chi connectivity index (χ1) is 13.0. The summed E-state index contributed by atoms with van der Waals surface area (Å²) < 4.78 is 15.3. The summed E-state index contributed by atoms with van der Waals surface area (Å²) in [6.45, 7) is 1.82. The molecule has 0 aliphatic rings. The van der Waals surface area contributed by atoms with E-state index in [0.29, 0.717) is 22.9 Å². The topological polar surface area (TPSA) is 73.9 Å². The van der Waals surface area contributed by atoms with Crippen LogP contribution in [-0.2, 0) is 15.3 Å². The molecule has 0 spiro atoms. The Hall–Kier alpha value is -2.67. The van der Waals surface area contributed by atoms with Gasteiger partial charge in [0.2, 0.25) is 5.91 Å². The second kappa shape index (κ2) is 9.87. The Labute approximate surface area is 163 Å². The van der Waals surface area contributed by atoms with Gasteiger partial charge in [0.25, 0.3) is 0 Å². The van der Waals surface area contributed by atoms with Crippen LogP contribution in [0, 0.1) is 0 Å². The molecule has 7 heteroatoms. The highest BCUT2D eigenvalue weighted by Gasteiger charge is 2.21. The molecule has 0 heterocycles. The van der Waals surface area contributed by atoms with Crippen LogP contribution in [0.15, 0.2) is 42.5 Å². The van der Waals surface area contributed by atoms with Crippen LogP contribution in [0.25, 0.3) is 0 Å². The summed E-state index contributed by atoms with van der Waals surface area (Å²) in [5.74, 6) is 0.710. The van der Waals surface area contributed by atoms with Gasteiger partial charge in [-0.25, -0.2) is 4.79 Å². The Kier molecular flexibility index (Phi) is 7.55. The number of anilines is 1. The SMILES string of the molecule is COC(=O)c1cc(OC)c(OC)cc1NC(=O)[C@@H](C)SCc1ccccc1. The van der Waals surface area contributed by atoms with Crippen molar-refractivity contribution in [3.05, 3.63) is 53.6 Å². The number of benzene rings is 2. The molecule has 2 aromatic carbocycles. The van der Waals surface area contributed by atoms with Crippen molar-refractivity contribution in [3.8, 4) is 11.5 Å². The van der Waals surface area contributed by atoms with Crippen LogP contribution in [0.3, 0.4) is 0 Å². The Bertz CT molecular complexity index is 794. The summed E-state index contributed by atoms with van der Waals surface area (Å²) >= 11 is 1.51. The second-order valence-electron chi connectivity index (χ2n) is 5.67. The molecule has 0 radical (unpaired) electrons. The molecule has 1 atom stereocenters. The second-order valence-corrected chi connectivity index (χ2v) is 7.00. The van der Waals surface area contributed by atoms with Crippen molar-refractivity contribution >= 4 is 29.3 Å². The molecule has 0 unspecified atom stereocenters. The monoisotopic (exact) mass is 389 g/mol. The third-order valence-electron chi connectivity index (χ3n) is 3.90. The molecule has 0 aromatic heterocycles. The number of amides is 1. The first kappa shape index (κ1) is 20.6. The van der Waals surface area contributed by atoms with E-state index in [9.17, 15) is 9.59 Å². The summed E-state index contributed by atoms with van der Waals surface area (Å²) in [4.78, 5) is 24.7. The van der Waals surface area contributed by atoms with Gasteiger partial charge in [0.1, 0.15) is 0 Å². The van der Waals surface area contributed by atoms with Crippen LogP contribution in [0.5, 0.6) is 11.5 Å². The Morgan fingerprint density at radius 2 is 1.67 bits per heavy atom. The smallest absolute Gasteiger partial charge is 0.340 e. The number of hydrogen-bond donors (Lipinski definition) is 1. The van der Waals surface area contributed by atoms with Crippen molar-refractivity contribution in [1.29, 1.82) is 0 Å². The summed E-state index contributed by atoms with van der Waals surface area (Å²) in [6.07, 6.45) is 0. The highest BCUT2D eigenvalue weighted by molar-refractivity contribution is 7.99. The summed E-state index contributed by atoms with van der Waals surface area (Å²) in [6, 6.07) is 13.0. The number of rotatable bonds is 8. The molecule has 0 aliphatic heterocycles. The van der Waals surface area contributed by atoms with Crippen molar-refractivity contribution in [2.75, 3.05) is 26.6 Å². The lowest BCUT2D eigenvalue weighted by Crippen LogP contribution is -2.24.